The van der Waals surface area contributed by atoms with E-state index in [-0.39, 0.29) is 0 Å². The summed E-state index contributed by atoms with van der Waals surface area (Å²) < 4.78 is 12.4. The molecule has 2 aromatic carbocycles. The molecule has 4 aliphatic rings. The monoisotopic (exact) mass is 596 g/mol. The number of benzene rings is 2. The molecule has 2 aromatic rings. The Bertz CT molecular complexity index is 1280. The van der Waals surface area contributed by atoms with Gasteiger partial charge in [0.05, 0.1) is 0 Å². The van der Waals surface area contributed by atoms with Gasteiger partial charge in [0.2, 0.25) is 0 Å². The average Bonchev–Trinajstić information content (AvgIpc) is 3.84. The number of hydrogen-bond acceptors (Lipinski definition) is 0. The predicted octanol–water partition coefficient (Wildman–Crippen LogP) is 10.9. The van der Waals surface area contributed by atoms with E-state index in [9.17, 15) is 0 Å². The Hall–Kier alpha value is -2.21. The Labute approximate surface area is 250 Å². The van der Waals surface area contributed by atoms with Crippen molar-refractivity contribution in [1.29, 1.82) is 0 Å². The molecular weight excluding hydrogens is 552 g/mol. The first-order valence-electron chi connectivity index (χ1n) is 15.2. The molecule has 0 heterocycles. The van der Waals surface area contributed by atoms with Crippen LogP contribution in [-0.4, -0.2) is 0 Å². The summed E-state index contributed by atoms with van der Waals surface area (Å²) in [7, 11) is 0. The van der Waals surface area contributed by atoms with Gasteiger partial charge in [-0.2, -0.15) is 0 Å². The first-order chi connectivity index (χ1) is 19.7. The van der Waals surface area contributed by atoms with E-state index in [1.807, 2.05) is 0 Å². The summed E-state index contributed by atoms with van der Waals surface area (Å²) in [6.45, 7) is 4.81. The molecule has 0 amide bonds. The molecule has 0 spiro atoms. The van der Waals surface area contributed by atoms with Crippen LogP contribution in [0.5, 0.6) is 0 Å². The second-order valence-electron chi connectivity index (χ2n) is 11.5. The van der Waals surface area contributed by atoms with E-state index in [1.54, 1.807) is 15.5 Å². The summed E-state index contributed by atoms with van der Waals surface area (Å²) in [4.78, 5) is 0. The third-order valence-electron chi connectivity index (χ3n) is 9.45. The van der Waals surface area contributed by atoms with Crippen LogP contribution < -0.4 is 0 Å². The summed E-state index contributed by atoms with van der Waals surface area (Å²) in [6, 6.07) is 22.3. The molecule has 0 atom stereocenters. The molecule has 0 radical (unpaired) electrons. The Morgan fingerprint density at radius 1 is 0.450 bits per heavy atom. The molecular formula is C38H44Ti2. The second kappa shape index (κ2) is 14.1. The van der Waals surface area contributed by atoms with Gasteiger partial charge in [-0.05, 0) is 0 Å². The van der Waals surface area contributed by atoms with Gasteiger partial charge >= 0.3 is 252 Å². The Morgan fingerprint density at radius 2 is 0.775 bits per heavy atom. The predicted molar refractivity (Wildman–Crippen MR) is 169 cm³/mol. The number of allylic oxidation sites excluding steroid dienone is 16. The van der Waals surface area contributed by atoms with Crippen LogP contribution in [0.15, 0.2) is 149 Å². The van der Waals surface area contributed by atoms with Crippen LogP contribution in [0, 0.1) is 0 Å². The van der Waals surface area contributed by atoms with Gasteiger partial charge in [-0.25, -0.2) is 0 Å². The molecule has 0 aliphatic heterocycles. The quantitative estimate of drug-likeness (QED) is 0.240. The van der Waals surface area contributed by atoms with Crippen molar-refractivity contribution in [3.63, 3.8) is 0 Å². The van der Waals surface area contributed by atoms with Gasteiger partial charge in [-0.1, -0.05) is 0 Å². The Morgan fingerprint density at radius 3 is 1.05 bits per heavy atom. The Balaban J connectivity index is 0.000000184. The Kier molecular flexibility index (Phi) is 10.3. The van der Waals surface area contributed by atoms with Crippen molar-refractivity contribution >= 4 is 0 Å². The third kappa shape index (κ3) is 6.47. The maximum atomic E-state index is 2.44. The molecule has 2 heteroatoms. The standard InChI is InChI=1S/2C7H7.4C5H5.2C2H5.2Ti/c2*1-7-5-3-2-4-6-7;4*1-2-4-5-3-1;2*1-2;;/h2*2-6H,1H2;4*1-3H,4H2;2*1H2,2H3;;. The number of rotatable bonds is 10. The molecule has 0 saturated carbocycles. The van der Waals surface area contributed by atoms with Crippen LogP contribution in [0.1, 0.15) is 50.7 Å². The SMILES string of the molecule is C1=CC[C]([Ti]([CH2]c2ccccc2)([CH2]c2ccccc2)[C]2=CC=CC2)=C1.C[CH2][Ti]([CH2]C)([C]1=CC=CC1)[C]1=CC=CC1. The molecule has 0 fully saturated rings. The minimum atomic E-state index is -2.47. The van der Waals surface area contributed by atoms with Crippen molar-refractivity contribution in [2.24, 2.45) is 0 Å². The fourth-order valence-corrected chi connectivity index (χ4v) is 22.4. The van der Waals surface area contributed by atoms with Gasteiger partial charge in [0.15, 0.2) is 0 Å². The maximum absolute atomic E-state index is 2.47. The third-order valence-corrected chi connectivity index (χ3v) is 26.4. The van der Waals surface area contributed by atoms with E-state index in [4.69, 9.17) is 0 Å². The van der Waals surface area contributed by atoms with Crippen LogP contribution in [-0.2, 0) is 42.6 Å². The summed E-state index contributed by atoms with van der Waals surface area (Å²) >= 11 is -4.32. The fourth-order valence-electron chi connectivity index (χ4n) is 7.18. The molecule has 204 valence electrons. The number of hydrogen-bond donors (Lipinski definition) is 0. The second-order valence-corrected chi connectivity index (χ2v) is 25.6. The van der Waals surface area contributed by atoms with Crippen LogP contribution in [0.3, 0.4) is 0 Å². The zero-order chi connectivity index (χ0) is 27.7. The first-order valence-corrected chi connectivity index (χ1v) is 22.8. The van der Waals surface area contributed by atoms with E-state index in [0.717, 1.165) is 12.8 Å². The molecule has 0 bridgehead atoms. The van der Waals surface area contributed by atoms with Crippen LogP contribution in [0.2, 0.25) is 9.45 Å². The fraction of sp³-hybridized carbons (Fsp3) is 0.263. The molecule has 4 aliphatic carbocycles. The topological polar surface area (TPSA) is 0 Å². The normalized spacial score (nSPS) is 17.4. The van der Waals surface area contributed by atoms with Crippen LogP contribution in [0.4, 0.5) is 0 Å². The van der Waals surface area contributed by atoms with Gasteiger partial charge in [-0.3, -0.25) is 0 Å². The van der Waals surface area contributed by atoms with E-state index in [0.29, 0.717) is 0 Å². The van der Waals surface area contributed by atoms with Crippen molar-refractivity contribution in [3.8, 4) is 0 Å². The molecule has 0 unspecified atom stereocenters. The van der Waals surface area contributed by atoms with E-state index >= 15 is 0 Å². The summed E-state index contributed by atoms with van der Waals surface area (Å²) in [5, 5.41) is 0. The van der Waals surface area contributed by atoms with Crippen LogP contribution >= 0.6 is 0 Å². The molecule has 0 N–H and O–H groups in total. The van der Waals surface area contributed by atoms with Crippen molar-refractivity contribution in [3.05, 3.63) is 160 Å². The molecule has 0 aromatic heterocycles. The summed E-state index contributed by atoms with van der Waals surface area (Å²) in [6.07, 6.45) is 32.8. The molecule has 40 heavy (non-hydrogen) atoms. The van der Waals surface area contributed by atoms with Crippen molar-refractivity contribution < 1.29 is 33.2 Å². The van der Waals surface area contributed by atoms with Crippen molar-refractivity contribution in [1.82, 2.24) is 0 Å². The van der Waals surface area contributed by atoms with Gasteiger partial charge in [0.1, 0.15) is 0 Å². The van der Waals surface area contributed by atoms with E-state index in [1.165, 1.54) is 42.9 Å². The average molecular weight is 597 g/mol. The van der Waals surface area contributed by atoms with Gasteiger partial charge in [-0.15, -0.1) is 0 Å². The summed E-state index contributed by atoms with van der Waals surface area (Å²) in [5.74, 6) is 0. The minimum absolute atomic E-state index is 1.15. The first kappa shape index (κ1) is 29.3. The zero-order valence-electron chi connectivity index (χ0n) is 24.4. The molecule has 0 nitrogen and oxygen atoms in total. The van der Waals surface area contributed by atoms with Crippen LogP contribution in [0.25, 0.3) is 0 Å². The van der Waals surface area contributed by atoms with Crippen molar-refractivity contribution in [2.45, 2.75) is 58.4 Å². The van der Waals surface area contributed by atoms with Crippen molar-refractivity contribution in [2.75, 3.05) is 0 Å². The van der Waals surface area contributed by atoms with Gasteiger partial charge in [0.25, 0.3) is 0 Å². The summed E-state index contributed by atoms with van der Waals surface area (Å²) in [5.41, 5.74) is 3.00. The molecule has 6 rings (SSSR count). The zero-order valence-corrected chi connectivity index (χ0v) is 27.5. The van der Waals surface area contributed by atoms with E-state index < -0.39 is 33.2 Å². The van der Waals surface area contributed by atoms with Gasteiger partial charge in [0, 0.05) is 0 Å². The van der Waals surface area contributed by atoms with Gasteiger partial charge < -0.3 is 0 Å². The van der Waals surface area contributed by atoms with E-state index in [2.05, 4.69) is 147 Å². The molecule has 0 saturated heterocycles.